The molecular weight excluding hydrogens is 382 g/mol. The Labute approximate surface area is 163 Å². The highest BCUT2D eigenvalue weighted by atomic mass is 32.2. The summed E-state index contributed by atoms with van der Waals surface area (Å²) in [6, 6.07) is 9.84. The van der Waals surface area contributed by atoms with Gasteiger partial charge in [-0.2, -0.15) is 4.72 Å². The van der Waals surface area contributed by atoms with Crippen molar-refractivity contribution >= 4 is 38.4 Å². The van der Waals surface area contributed by atoms with Gasteiger partial charge in [-0.05, 0) is 31.5 Å². The topological polar surface area (TPSA) is 105 Å². The number of nitrogens with zero attached hydrogens (tertiary/aromatic N) is 1. The van der Waals surface area contributed by atoms with E-state index in [1.807, 2.05) is 31.1 Å². The van der Waals surface area contributed by atoms with Crippen LogP contribution in [-0.4, -0.2) is 53.6 Å². The molecule has 1 aliphatic rings. The average Bonchev–Trinajstić information content (AvgIpc) is 3.20. The van der Waals surface area contributed by atoms with Crippen LogP contribution in [0, 0.1) is 0 Å². The molecule has 2 aromatic rings. The zero-order chi connectivity index (χ0) is 20.3. The van der Waals surface area contributed by atoms with Crippen molar-refractivity contribution in [1.29, 1.82) is 0 Å². The second-order valence-corrected chi connectivity index (χ2v) is 8.52. The summed E-state index contributed by atoms with van der Waals surface area (Å²) >= 11 is 0. The zero-order valence-electron chi connectivity index (χ0n) is 15.8. The summed E-state index contributed by atoms with van der Waals surface area (Å²) in [7, 11) is -0.225. The van der Waals surface area contributed by atoms with Gasteiger partial charge in [0.05, 0.1) is 4.90 Å². The molecule has 0 radical (unpaired) electrons. The number of carbonyl (C=O) groups excluding carboxylic acids is 2. The second-order valence-electron chi connectivity index (χ2n) is 6.79. The van der Waals surface area contributed by atoms with Gasteiger partial charge in [0.2, 0.25) is 10.0 Å². The summed E-state index contributed by atoms with van der Waals surface area (Å²) in [6.45, 7) is 0.0706. The van der Waals surface area contributed by atoms with E-state index >= 15 is 0 Å². The fourth-order valence-electron chi connectivity index (χ4n) is 3.23. The van der Waals surface area contributed by atoms with Crippen LogP contribution >= 0.6 is 0 Å². The Morgan fingerprint density at radius 1 is 1.18 bits per heavy atom. The van der Waals surface area contributed by atoms with Crippen LogP contribution in [0.3, 0.4) is 0 Å². The molecule has 0 aliphatic carbocycles. The lowest BCUT2D eigenvalue weighted by Gasteiger charge is -2.17. The molecule has 0 unspecified atom stereocenters. The molecule has 1 heterocycles. The number of sulfonamides is 1. The summed E-state index contributed by atoms with van der Waals surface area (Å²) in [5, 5.41) is 4.25. The molecule has 0 bridgehead atoms. The zero-order valence-corrected chi connectivity index (χ0v) is 16.6. The number of anilines is 1. The van der Waals surface area contributed by atoms with Crippen LogP contribution < -0.4 is 14.9 Å². The quantitative estimate of drug-likeness (QED) is 0.546. The lowest BCUT2D eigenvalue weighted by molar-refractivity contribution is -0.160. The van der Waals surface area contributed by atoms with Crippen LogP contribution in [0.25, 0.3) is 10.8 Å². The van der Waals surface area contributed by atoms with Crippen LogP contribution in [0.15, 0.2) is 41.3 Å². The first kappa shape index (κ1) is 20.2. The SMILES string of the molecule is CN(C)c1cccc2c(S(=O)(=O)NCC(=O)OC(=O)[C@@H]3CCCN3)cccc12. The van der Waals surface area contributed by atoms with Crippen molar-refractivity contribution in [2.75, 3.05) is 32.1 Å². The summed E-state index contributed by atoms with van der Waals surface area (Å²) in [4.78, 5) is 25.7. The van der Waals surface area contributed by atoms with Gasteiger partial charge in [-0.3, -0.25) is 4.79 Å². The molecule has 0 amide bonds. The van der Waals surface area contributed by atoms with Gasteiger partial charge in [-0.15, -0.1) is 0 Å². The molecule has 1 atom stereocenters. The van der Waals surface area contributed by atoms with Crippen molar-refractivity contribution in [3.63, 3.8) is 0 Å². The standard InChI is InChI=1S/C19H23N3O5S/c1-22(2)16-9-3-7-14-13(16)6-4-10-17(14)28(25,26)21-12-18(23)27-19(24)15-8-5-11-20-15/h3-4,6-7,9-10,15,20-21H,5,8,11-12H2,1-2H3/t15-/m0/s1. The molecule has 28 heavy (non-hydrogen) atoms. The number of fused-ring (bicyclic) bond motifs is 1. The third-order valence-electron chi connectivity index (χ3n) is 4.60. The maximum absolute atomic E-state index is 12.7. The molecule has 150 valence electrons. The van der Waals surface area contributed by atoms with E-state index in [9.17, 15) is 18.0 Å². The van der Waals surface area contributed by atoms with E-state index in [0.29, 0.717) is 18.4 Å². The molecule has 1 saturated heterocycles. The van der Waals surface area contributed by atoms with Crippen molar-refractivity contribution in [2.45, 2.75) is 23.8 Å². The summed E-state index contributed by atoms with van der Waals surface area (Å²) in [6.07, 6.45) is 1.43. The minimum Gasteiger partial charge on any atom is -0.391 e. The van der Waals surface area contributed by atoms with E-state index in [-0.39, 0.29) is 4.90 Å². The van der Waals surface area contributed by atoms with Gasteiger partial charge in [0.25, 0.3) is 0 Å². The van der Waals surface area contributed by atoms with E-state index < -0.39 is 34.5 Å². The Morgan fingerprint density at radius 3 is 2.57 bits per heavy atom. The number of esters is 2. The summed E-state index contributed by atoms with van der Waals surface area (Å²) in [5.74, 6) is -1.61. The molecule has 1 aliphatic heterocycles. The van der Waals surface area contributed by atoms with E-state index in [0.717, 1.165) is 17.5 Å². The van der Waals surface area contributed by atoms with Crippen LogP contribution in [-0.2, 0) is 24.3 Å². The second kappa shape index (κ2) is 8.26. The molecule has 9 heteroatoms. The van der Waals surface area contributed by atoms with Crippen molar-refractivity contribution in [2.24, 2.45) is 0 Å². The molecule has 0 aromatic heterocycles. The Balaban J connectivity index is 1.75. The third kappa shape index (κ3) is 4.32. The molecule has 0 saturated carbocycles. The molecule has 1 fully saturated rings. The van der Waals surface area contributed by atoms with E-state index in [2.05, 4.69) is 10.0 Å². The lowest BCUT2D eigenvalue weighted by atomic mass is 10.1. The molecular formula is C19H23N3O5S. The molecule has 0 spiro atoms. The number of ether oxygens (including phenoxy) is 1. The normalized spacial score (nSPS) is 16.9. The first-order chi connectivity index (χ1) is 13.3. The van der Waals surface area contributed by atoms with Crippen molar-refractivity contribution in [1.82, 2.24) is 10.0 Å². The highest BCUT2D eigenvalue weighted by molar-refractivity contribution is 7.89. The first-order valence-corrected chi connectivity index (χ1v) is 10.4. The van der Waals surface area contributed by atoms with Crippen LogP contribution in [0.2, 0.25) is 0 Å². The van der Waals surface area contributed by atoms with Crippen LogP contribution in [0.4, 0.5) is 5.69 Å². The fourth-order valence-corrected chi connectivity index (χ4v) is 4.41. The minimum absolute atomic E-state index is 0.0605. The molecule has 2 aromatic carbocycles. The van der Waals surface area contributed by atoms with Crippen molar-refractivity contribution < 1.29 is 22.7 Å². The highest BCUT2D eigenvalue weighted by Crippen LogP contribution is 2.30. The monoisotopic (exact) mass is 405 g/mol. The number of hydrogen-bond acceptors (Lipinski definition) is 7. The minimum atomic E-state index is -3.98. The van der Waals surface area contributed by atoms with E-state index in [4.69, 9.17) is 4.74 Å². The predicted octanol–water partition coefficient (Wildman–Crippen LogP) is 1.01. The van der Waals surface area contributed by atoms with Gasteiger partial charge >= 0.3 is 11.9 Å². The number of rotatable bonds is 6. The lowest BCUT2D eigenvalue weighted by Crippen LogP contribution is -2.37. The Kier molecular flexibility index (Phi) is 5.97. The molecule has 3 rings (SSSR count). The average molecular weight is 405 g/mol. The Hall–Kier alpha value is -2.49. The fraction of sp³-hybridized carbons (Fsp3) is 0.368. The van der Waals surface area contributed by atoms with Crippen LogP contribution in [0.5, 0.6) is 0 Å². The number of carbonyl (C=O) groups is 2. The number of nitrogens with one attached hydrogen (secondary N) is 2. The van der Waals surface area contributed by atoms with E-state index in [1.54, 1.807) is 18.2 Å². The summed E-state index contributed by atoms with van der Waals surface area (Å²) < 4.78 is 32.4. The molecule has 2 N–H and O–H groups in total. The maximum atomic E-state index is 12.7. The third-order valence-corrected chi connectivity index (χ3v) is 6.06. The van der Waals surface area contributed by atoms with Crippen LogP contribution in [0.1, 0.15) is 12.8 Å². The molecule has 8 nitrogen and oxygen atoms in total. The van der Waals surface area contributed by atoms with Gasteiger partial charge in [0, 0.05) is 30.6 Å². The largest absolute Gasteiger partial charge is 0.391 e. The first-order valence-electron chi connectivity index (χ1n) is 8.96. The summed E-state index contributed by atoms with van der Waals surface area (Å²) in [5.41, 5.74) is 0.878. The van der Waals surface area contributed by atoms with Gasteiger partial charge in [0.15, 0.2) is 0 Å². The van der Waals surface area contributed by atoms with Gasteiger partial charge in [0.1, 0.15) is 12.6 Å². The number of benzene rings is 2. The van der Waals surface area contributed by atoms with Crippen molar-refractivity contribution in [3.05, 3.63) is 36.4 Å². The Morgan fingerprint density at radius 2 is 1.89 bits per heavy atom. The van der Waals surface area contributed by atoms with Gasteiger partial charge in [-0.25, -0.2) is 13.2 Å². The highest BCUT2D eigenvalue weighted by Gasteiger charge is 2.26. The van der Waals surface area contributed by atoms with E-state index in [1.165, 1.54) is 6.07 Å². The van der Waals surface area contributed by atoms with Gasteiger partial charge in [-0.1, -0.05) is 24.3 Å². The number of hydrogen-bond donors (Lipinski definition) is 2. The maximum Gasteiger partial charge on any atom is 0.330 e. The Bertz CT molecular complexity index is 998. The predicted molar refractivity (Wildman–Crippen MR) is 106 cm³/mol. The van der Waals surface area contributed by atoms with Crippen molar-refractivity contribution in [3.8, 4) is 0 Å². The smallest absolute Gasteiger partial charge is 0.330 e. The van der Waals surface area contributed by atoms with Gasteiger partial charge < -0.3 is 15.0 Å².